The number of hydrogen-bond donors (Lipinski definition) is 4. The zero-order valence-corrected chi connectivity index (χ0v) is 29.8. The maximum absolute atomic E-state index is 14.3. The van der Waals surface area contributed by atoms with E-state index < -0.39 is 79.9 Å². The molecule has 0 spiro atoms. The molecule has 0 bridgehead atoms. The molecule has 2 saturated carbocycles. The Labute approximate surface area is 291 Å². The van der Waals surface area contributed by atoms with Crippen LogP contribution in [0, 0.1) is 5.92 Å². The van der Waals surface area contributed by atoms with Crippen molar-refractivity contribution in [3.05, 3.63) is 43.1 Å². The van der Waals surface area contributed by atoms with E-state index >= 15 is 0 Å². The van der Waals surface area contributed by atoms with Crippen LogP contribution in [0.4, 0.5) is 4.79 Å². The van der Waals surface area contributed by atoms with Crippen LogP contribution in [-0.4, -0.2) is 101 Å². The fraction of sp³-hybridized carbons (Fsp3) is 0.559. The van der Waals surface area contributed by atoms with Crippen molar-refractivity contribution >= 4 is 44.6 Å². The third-order valence-electron chi connectivity index (χ3n) is 8.93. The van der Waals surface area contributed by atoms with Gasteiger partial charge in [0.15, 0.2) is 0 Å². The molecule has 2 heterocycles. The normalized spacial score (nSPS) is 24.1. The van der Waals surface area contributed by atoms with Crippen LogP contribution in [0.1, 0.15) is 60.3 Å². The van der Waals surface area contributed by atoms with Crippen molar-refractivity contribution in [2.24, 2.45) is 5.92 Å². The molecule has 5 rings (SSSR count). The summed E-state index contributed by atoms with van der Waals surface area (Å²) in [4.78, 5) is 60.1. The maximum atomic E-state index is 14.3. The summed E-state index contributed by atoms with van der Waals surface area (Å²) in [6, 6.07) is 4.28. The van der Waals surface area contributed by atoms with Crippen LogP contribution in [0.5, 0.6) is 11.6 Å². The lowest BCUT2D eigenvalue weighted by atomic mass is 9.97. The number of nitrogens with zero attached hydrogens (tertiary/aromatic N) is 2. The Morgan fingerprint density at radius 2 is 1.84 bits per heavy atom. The lowest BCUT2D eigenvalue weighted by Crippen LogP contribution is -2.62. The van der Waals surface area contributed by atoms with Crippen LogP contribution in [-0.2, 0) is 29.1 Å². The van der Waals surface area contributed by atoms with E-state index in [-0.39, 0.29) is 25.3 Å². The maximum Gasteiger partial charge on any atom is 0.408 e. The highest BCUT2D eigenvalue weighted by molar-refractivity contribution is 7.91. The quantitative estimate of drug-likeness (QED) is 0.234. The monoisotopic (exact) mass is 715 g/mol. The lowest BCUT2D eigenvalue weighted by Gasteiger charge is -2.35. The standard InChI is InChI=1S/C34H45N5O10S/c1-8-20-17-34(20,30(42)38-50(45,46)23-10-11-23)37-27(40)25-16-22(48-28-24-12-9-21(47-7)15-19(24)13-14-35-28)18-39(25)29(41)26(33(5,6)44)36-31(43)49-32(2,3)4/h8-9,12-15,20,22-23,25-26,44H,1,10-11,16-18H2,2-7H3,(H,36,43)(H,37,40)(H,38,42)/t20-,22-,25+,26-,34-/m1/s1. The van der Waals surface area contributed by atoms with E-state index in [0.29, 0.717) is 24.0 Å². The summed E-state index contributed by atoms with van der Waals surface area (Å²) >= 11 is 0. The van der Waals surface area contributed by atoms with Crippen molar-refractivity contribution < 1.29 is 46.9 Å². The number of fused-ring (bicyclic) bond motifs is 1. The number of pyridine rings is 1. The first-order valence-electron chi connectivity index (χ1n) is 16.4. The molecule has 1 aromatic carbocycles. The summed E-state index contributed by atoms with van der Waals surface area (Å²) in [6.07, 6.45) is 2.17. The van der Waals surface area contributed by atoms with Crippen LogP contribution in [0.2, 0.25) is 0 Å². The van der Waals surface area contributed by atoms with Gasteiger partial charge in [-0.3, -0.25) is 19.1 Å². The second kappa shape index (κ2) is 13.4. The van der Waals surface area contributed by atoms with Crippen LogP contribution >= 0.6 is 0 Å². The number of alkyl carbamates (subject to hydrolysis) is 1. The summed E-state index contributed by atoms with van der Waals surface area (Å²) in [5.41, 5.74) is -4.32. The van der Waals surface area contributed by atoms with Gasteiger partial charge in [-0.2, -0.15) is 0 Å². The molecule has 1 aliphatic heterocycles. The summed E-state index contributed by atoms with van der Waals surface area (Å²) in [5, 5.41) is 17.0. The van der Waals surface area contributed by atoms with Gasteiger partial charge in [-0.25, -0.2) is 18.2 Å². The second-order valence-electron chi connectivity index (χ2n) is 14.6. The van der Waals surface area contributed by atoms with E-state index in [0.717, 1.165) is 5.39 Å². The smallest absolute Gasteiger partial charge is 0.408 e. The molecule has 0 radical (unpaired) electrons. The van der Waals surface area contributed by atoms with E-state index in [1.54, 1.807) is 58.3 Å². The molecule has 3 fully saturated rings. The molecule has 4 amide bonds. The molecule has 15 nitrogen and oxygen atoms in total. The number of rotatable bonds is 12. The Morgan fingerprint density at radius 3 is 2.42 bits per heavy atom. The number of aromatic nitrogens is 1. The van der Waals surface area contributed by atoms with E-state index in [1.807, 2.05) is 0 Å². The van der Waals surface area contributed by atoms with E-state index in [9.17, 15) is 32.7 Å². The molecule has 2 aliphatic carbocycles. The molecular formula is C34H45N5O10S. The molecule has 16 heteroatoms. The largest absolute Gasteiger partial charge is 0.497 e. The van der Waals surface area contributed by atoms with Crippen LogP contribution in [0.15, 0.2) is 43.1 Å². The van der Waals surface area contributed by atoms with Gasteiger partial charge in [-0.05, 0) is 83.5 Å². The molecule has 2 aromatic rings. The fourth-order valence-corrected chi connectivity index (χ4v) is 7.40. The highest BCUT2D eigenvalue weighted by atomic mass is 32.2. The second-order valence-corrected chi connectivity index (χ2v) is 16.6. The summed E-state index contributed by atoms with van der Waals surface area (Å²) in [6.45, 7) is 11.2. The number of amides is 4. The minimum atomic E-state index is -3.92. The van der Waals surface area contributed by atoms with Gasteiger partial charge >= 0.3 is 6.09 Å². The fourth-order valence-electron chi connectivity index (χ4n) is 6.03. The highest BCUT2D eigenvalue weighted by Gasteiger charge is 2.62. The van der Waals surface area contributed by atoms with Gasteiger partial charge in [0.05, 0.1) is 24.5 Å². The Morgan fingerprint density at radius 1 is 1.14 bits per heavy atom. The number of ether oxygens (including phenoxy) is 3. The highest BCUT2D eigenvalue weighted by Crippen LogP contribution is 2.45. The summed E-state index contributed by atoms with van der Waals surface area (Å²) < 4.78 is 44.3. The topological polar surface area (TPSA) is 203 Å². The van der Waals surface area contributed by atoms with Gasteiger partial charge in [0.25, 0.3) is 5.91 Å². The molecule has 0 unspecified atom stereocenters. The van der Waals surface area contributed by atoms with E-state index in [1.165, 1.54) is 24.8 Å². The zero-order chi connectivity index (χ0) is 36.8. The molecule has 4 N–H and O–H groups in total. The van der Waals surface area contributed by atoms with Gasteiger partial charge in [0, 0.05) is 23.9 Å². The van der Waals surface area contributed by atoms with Gasteiger partial charge in [0.2, 0.25) is 27.7 Å². The average molecular weight is 716 g/mol. The first kappa shape index (κ1) is 36.8. The number of benzene rings is 1. The minimum absolute atomic E-state index is 0.0619. The minimum Gasteiger partial charge on any atom is -0.497 e. The number of sulfonamides is 1. The molecule has 3 aliphatic rings. The third kappa shape index (κ3) is 7.96. The Hall–Kier alpha value is -4.44. The number of aliphatic hydroxyl groups is 1. The number of likely N-dealkylation sites (tertiary alicyclic amines) is 1. The van der Waals surface area contributed by atoms with Gasteiger partial charge in [0.1, 0.15) is 35.1 Å². The van der Waals surface area contributed by atoms with Gasteiger partial charge in [-0.15, -0.1) is 6.58 Å². The predicted octanol–water partition coefficient (Wildman–Crippen LogP) is 1.93. The molecular weight excluding hydrogens is 670 g/mol. The van der Waals surface area contributed by atoms with Crippen LogP contribution in [0.3, 0.4) is 0 Å². The van der Waals surface area contributed by atoms with Crippen LogP contribution < -0.4 is 24.8 Å². The molecule has 1 aromatic heterocycles. The lowest BCUT2D eigenvalue weighted by molar-refractivity contribution is -0.145. The number of carbonyl (C=O) groups excluding carboxylic acids is 4. The van der Waals surface area contributed by atoms with Gasteiger partial charge in [-0.1, -0.05) is 6.08 Å². The van der Waals surface area contributed by atoms with Gasteiger partial charge < -0.3 is 34.9 Å². The third-order valence-corrected chi connectivity index (χ3v) is 10.7. The van der Waals surface area contributed by atoms with Crippen molar-refractivity contribution in [2.75, 3.05) is 13.7 Å². The SMILES string of the molecule is C=C[C@@H]1C[C@]1(NC(=O)[C@@H]1C[C@@H](Oc2nccc3cc(OC)ccc23)CN1C(=O)[C@@H](NC(=O)OC(C)(C)C)C(C)(C)O)C(=O)NS(=O)(=O)C1CC1. The average Bonchev–Trinajstić information content (AvgIpc) is 3.95. The number of carbonyl (C=O) groups is 4. The number of nitrogens with one attached hydrogen (secondary N) is 3. The van der Waals surface area contributed by atoms with Crippen molar-refractivity contribution in [1.82, 2.24) is 25.2 Å². The van der Waals surface area contributed by atoms with Crippen molar-refractivity contribution in [1.29, 1.82) is 0 Å². The number of hydrogen-bond acceptors (Lipinski definition) is 11. The molecule has 1 saturated heterocycles. The van der Waals surface area contributed by atoms with Crippen molar-refractivity contribution in [3.8, 4) is 11.6 Å². The first-order valence-corrected chi connectivity index (χ1v) is 17.9. The zero-order valence-electron chi connectivity index (χ0n) is 29.0. The molecule has 5 atom stereocenters. The van der Waals surface area contributed by atoms with Crippen molar-refractivity contribution in [3.63, 3.8) is 0 Å². The van der Waals surface area contributed by atoms with E-state index in [4.69, 9.17) is 14.2 Å². The Balaban J connectivity index is 1.44. The van der Waals surface area contributed by atoms with Crippen LogP contribution in [0.25, 0.3) is 10.8 Å². The summed E-state index contributed by atoms with van der Waals surface area (Å²) in [5.74, 6) is -2.15. The first-order chi connectivity index (χ1) is 23.3. The molecule has 272 valence electrons. The Bertz CT molecular complexity index is 1800. The molecule has 50 heavy (non-hydrogen) atoms. The Kier molecular flexibility index (Phi) is 9.84. The number of methoxy groups -OCH3 is 1. The predicted molar refractivity (Wildman–Crippen MR) is 182 cm³/mol. The summed E-state index contributed by atoms with van der Waals surface area (Å²) in [7, 11) is -2.37. The van der Waals surface area contributed by atoms with Crippen molar-refractivity contribution in [2.45, 2.75) is 100 Å². The van der Waals surface area contributed by atoms with E-state index in [2.05, 4.69) is 26.9 Å².